The quantitative estimate of drug-likeness (QED) is 0.888. The molecule has 1 aromatic carbocycles. The summed E-state index contributed by atoms with van der Waals surface area (Å²) in [4.78, 5) is 6.58. The van der Waals surface area contributed by atoms with Crippen LogP contribution in [0.1, 0.15) is 26.3 Å². The number of ether oxygens (including phenoxy) is 1. The van der Waals surface area contributed by atoms with Crippen LogP contribution in [-0.2, 0) is 5.54 Å². The second kappa shape index (κ2) is 4.52. The molecule has 0 saturated carbocycles. The van der Waals surface area contributed by atoms with Gasteiger partial charge in [0.05, 0.1) is 19.2 Å². The number of benzene rings is 1. The van der Waals surface area contributed by atoms with Crippen molar-refractivity contribution in [1.82, 2.24) is 4.90 Å². The fourth-order valence-corrected chi connectivity index (χ4v) is 2.65. The lowest BCUT2D eigenvalue weighted by Gasteiger charge is -2.39. The smallest absolute Gasteiger partial charge is 0.192 e. The van der Waals surface area contributed by atoms with Crippen LogP contribution >= 0.6 is 0 Å². The van der Waals surface area contributed by atoms with Crippen LogP contribution in [0.3, 0.4) is 0 Å². The molecule has 2 rings (SSSR count). The lowest BCUT2D eigenvalue weighted by atomic mass is 9.90. The maximum absolute atomic E-state index is 6.00. The summed E-state index contributed by atoms with van der Waals surface area (Å²) >= 11 is 0. The van der Waals surface area contributed by atoms with Crippen LogP contribution in [0.25, 0.3) is 0 Å². The Hall–Kier alpha value is -1.71. The predicted molar refractivity (Wildman–Crippen MR) is 73.8 cm³/mol. The highest BCUT2D eigenvalue weighted by molar-refractivity contribution is 5.81. The van der Waals surface area contributed by atoms with Gasteiger partial charge in [0, 0.05) is 6.04 Å². The number of aliphatic imine (C=N–C) groups is 1. The first-order valence-corrected chi connectivity index (χ1v) is 6.23. The molecule has 4 nitrogen and oxygen atoms in total. The van der Waals surface area contributed by atoms with E-state index in [1.54, 1.807) is 7.11 Å². The number of methoxy groups -OCH3 is 1. The molecule has 1 aromatic rings. The molecule has 1 atom stereocenters. The summed E-state index contributed by atoms with van der Waals surface area (Å²) in [6, 6.07) is 8.45. The largest absolute Gasteiger partial charge is 0.497 e. The van der Waals surface area contributed by atoms with Gasteiger partial charge < -0.3 is 15.4 Å². The molecule has 0 aliphatic carbocycles. The van der Waals surface area contributed by atoms with Crippen molar-refractivity contribution in [3.05, 3.63) is 29.8 Å². The standard InChI is InChI=1S/C14H21N3O/c1-10(2)17-13(15)16-9-14(17,3)11-5-7-12(18-4)8-6-11/h5-8,10H,9H2,1-4H3,(H2,15,16). The van der Waals surface area contributed by atoms with Crippen molar-refractivity contribution in [2.45, 2.75) is 32.4 Å². The van der Waals surface area contributed by atoms with Crippen LogP contribution in [0.5, 0.6) is 5.75 Å². The van der Waals surface area contributed by atoms with Crippen molar-refractivity contribution >= 4 is 5.96 Å². The molecule has 1 unspecified atom stereocenters. The van der Waals surface area contributed by atoms with E-state index in [0.29, 0.717) is 18.5 Å². The molecule has 1 aliphatic heterocycles. The number of hydrogen-bond acceptors (Lipinski definition) is 4. The highest BCUT2D eigenvalue weighted by Crippen LogP contribution is 2.34. The molecule has 0 fully saturated rings. The summed E-state index contributed by atoms with van der Waals surface area (Å²) in [6.07, 6.45) is 0. The van der Waals surface area contributed by atoms with Crippen LogP contribution < -0.4 is 10.5 Å². The van der Waals surface area contributed by atoms with Crippen molar-refractivity contribution in [3.63, 3.8) is 0 Å². The molecule has 0 saturated heterocycles. The Kier molecular flexibility index (Phi) is 3.20. The van der Waals surface area contributed by atoms with Gasteiger partial charge in [-0.15, -0.1) is 0 Å². The van der Waals surface area contributed by atoms with Crippen LogP contribution in [0.15, 0.2) is 29.3 Å². The number of guanidine groups is 1. The minimum Gasteiger partial charge on any atom is -0.497 e. The highest BCUT2D eigenvalue weighted by atomic mass is 16.5. The Morgan fingerprint density at radius 1 is 1.33 bits per heavy atom. The third-order valence-electron chi connectivity index (χ3n) is 3.56. The normalized spacial score (nSPS) is 23.4. The monoisotopic (exact) mass is 247 g/mol. The first kappa shape index (κ1) is 12.7. The molecular weight excluding hydrogens is 226 g/mol. The summed E-state index contributed by atoms with van der Waals surface area (Å²) in [5.41, 5.74) is 7.05. The first-order valence-electron chi connectivity index (χ1n) is 6.23. The van der Waals surface area contributed by atoms with Gasteiger partial charge >= 0.3 is 0 Å². The van der Waals surface area contributed by atoms with Crippen LogP contribution in [0.2, 0.25) is 0 Å². The fraction of sp³-hybridized carbons (Fsp3) is 0.500. The minimum atomic E-state index is -0.162. The van der Waals surface area contributed by atoms with E-state index >= 15 is 0 Å². The molecular formula is C14H21N3O. The molecule has 0 aromatic heterocycles. The third kappa shape index (κ3) is 1.92. The van der Waals surface area contributed by atoms with E-state index in [-0.39, 0.29) is 5.54 Å². The first-order chi connectivity index (χ1) is 8.49. The fourth-order valence-electron chi connectivity index (χ4n) is 2.65. The lowest BCUT2D eigenvalue weighted by molar-refractivity contribution is 0.185. The molecule has 1 aliphatic rings. The zero-order valence-corrected chi connectivity index (χ0v) is 11.5. The SMILES string of the molecule is COc1ccc(C2(C)CN=C(N)N2C(C)C)cc1. The van der Waals surface area contributed by atoms with E-state index in [2.05, 4.69) is 42.8 Å². The Balaban J connectivity index is 2.35. The zero-order valence-electron chi connectivity index (χ0n) is 11.5. The maximum Gasteiger partial charge on any atom is 0.192 e. The van der Waals surface area contributed by atoms with E-state index < -0.39 is 0 Å². The number of nitrogens with two attached hydrogens (primary N) is 1. The van der Waals surface area contributed by atoms with Gasteiger partial charge in [-0.1, -0.05) is 12.1 Å². The summed E-state index contributed by atoms with van der Waals surface area (Å²) in [7, 11) is 1.67. The zero-order chi connectivity index (χ0) is 13.3. The van der Waals surface area contributed by atoms with E-state index in [0.717, 1.165) is 5.75 Å². The second-order valence-electron chi connectivity index (χ2n) is 5.14. The van der Waals surface area contributed by atoms with Crippen LogP contribution in [0.4, 0.5) is 0 Å². The Morgan fingerprint density at radius 2 is 1.94 bits per heavy atom. The molecule has 2 N–H and O–H groups in total. The van der Waals surface area contributed by atoms with Gasteiger partial charge in [0.2, 0.25) is 0 Å². The van der Waals surface area contributed by atoms with Gasteiger partial charge in [-0.2, -0.15) is 0 Å². The van der Waals surface area contributed by atoms with Gasteiger partial charge in [-0.25, -0.2) is 0 Å². The summed E-state index contributed by atoms with van der Waals surface area (Å²) in [6.45, 7) is 7.15. The molecule has 4 heteroatoms. The molecule has 1 heterocycles. The van der Waals surface area contributed by atoms with E-state index in [9.17, 15) is 0 Å². The number of nitrogens with zero attached hydrogens (tertiary/aromatic N) is 2. The van der Waals surface area contributed by atoms with Gasteiger partial charge in [0.25, 0.3) is 0 Å². The Bertz CT molecular complexity index is 453. The van der Waals surface area contributed by atoms with Gasteiger partial charge in [0.1, 0.15) is 5.75 Å². The summed E-state index contributed by atoms with van der Waals surface area (Å²) in [5.74, 6) is 1.49. The van der Waals surface area contributed by atoms with Crippen molar-refractivity contribution in [2.75, 3.05) is 13.7 Å². The average molecular weight is 247 g/mol. The van der Waals surface area contributed by atoms with E-state index in [1.165, 1.54) is 5.56 Å². The average Bonchev–Trinajstić information content (AvgIpc) is 2.66. The third-order valence-corrected chi connectivity index (χ3v) is 3.56. The predicted octanol–water partition coefficient (Wildman–Crippen LogP) is 1.95. The van der Waals surface area contributed by atoms with Gasteiger partial charge in [-0.3, -0.25) is 4.99 Å². The summed E-state index contributed by atoms with van der Waals surface area (Å²) in [5, 5.41) is 0. The van der Waals surface area contributed by atoms with Crippen molar-refractivity contribution < 1.29 is 4.74 Å². The molecule has 18 heavy (non-hydrogen) atoms. The molecule has 0 bridgehead atoms. The maximum atomic E-state index is 6.00. The number of rotatable bonds is 3. The lowest BCUT2D eigenvalue weighted by Crippen LogP contribution is -2.50. The Morgan fingerprint density at radius 3 is 2.44 bits per heavy atom. The van der Waals surface area contributed by atoms with Crippen molar-refractivity contribution in [1.29, 1.82) is 0 Å². The second-order valence-corrected chi connectivity index (χ2v) is 5.14. The van der Waals surface area contributed by atoms with Gasteiger partial charge in [-0.05, 0) is 38.5 Å². The van der Waals surface area contributed by atoms with Crippen LogP contribution in [-0.4, -0.2) is 30.6 Å². The molecule has 0 spiro atoms. The van der Waals surface area contributed by atoms with E-state index in [4.69, 9.17) is 10.5 Å². The van der Waals surface area contributed by atoms with E-state index in [1.807, 2.05) is 12.1 Å². The topological polar surface area (TPSA) is 50.9 Å². The Labute approximate surface area is 108 Å². The molecule has 0 amide bonds. The minimum absolute atomic E-state index is 0.162. The van der Waals surface area contributed by atoms with Crippen LogP contribution in [0, 0.1) is 0 Å². The molecule has 0 radical (unpaired) electrons. The van der Waals surface area contributed by atoms with Crippen molar-refractivity contribution in [3.8, 4) is 5.75 Å². The van der Waals surface area contributed by atoms with Gasteiger partial charge in [0.15, 0.2) is 5.96 Å². The molecule has 98 valence electrons. The number of hydrogen-bond donors (Lipinski definition) is 1. The van der Waals surface area contributed by atoms with Crippen molar-refractivity contribution in [2.24, 2.45) is 10.7 Å². The highest BCUT2D eigenvalue weighted by Gasteiger charge is 2.40. The summed E-state index contributed by atoms with van der Waals surface area (Å²) < 4.78 is 5.19.